The predicted molar refractivity (Wildman–Crippen MR) is 93.8 cm³/mol. The van der Waals surface area contributed by atoms with E-state index >= 15 is 0 Å². The van der Waals surface area contributed by atoms with Gasteiger partial charge in [0, 0.05) is 0 Å². The highest BCUT2D eigenvalue weighted by Gasteiger charge is 2.13. The van der Waals surface area contributed by atoms with Gasteiger partial charge in [-0.3, -0.25) is 4.79 Å². The van der Waals surface area contributed by atoms with Crippen molar-refractivity contribution in [1.29, 1.82) is 0 Å². The van der Waals surface area contributed by atoms with Gasteiger partial charge >= 0.3 is 0 Å². The monoisotopic (exact) mass is 311 g/mol. The molecule has 122 valence electrons. The van der Waals surface area contributed by atoms with Crippen LogP contribution in [0.2, 0.25) is 0 Å². The number of hydrogen-bond donors (Lipinski definition) is 1. The first-order valence-corrected chi connectivity index (χ1v) is 8.06. The van der Waals surface area contributed by atoms with E-state index in [1.807, 2.05) is 50.2 Å². The molecule has 0 saturated carbocycles. The van der Waals surface area contributed by atoms with E-state index in [2.05, 4.69) is 25.2 Å². The Hall–Kier alpha value is -2.29. The van der Waals surface area contributed by atoms with Crippen LogP contribution >= 0.6 is 0 Å². The van der Waals surface area contributed by atoms with Crippen molar-refractivity contribution in [2.75, 3.05) is 6.61 Å². The van der Waals surface area contributed by atoms with Crippen molar-refractivity contribution in [2.24, 2.45) is 0 Å². The molecule has 2 aromatic rings. The van der Waals surface area contributed by atoms with Crippen LogP contribution in [0.4, 0.5) is 0 Å². The summed E-state index contributed by atoms with van der Waals surface area (Å²) in [5, 5.41) is 3.04. The molecule has 0 unspecified atom stereocenters. The highest BCUT2D eigenvalue weighted by atomic mass is 16.5. The van der Waals surface area contributed by atoms with Crippen LogP contribution in [0.15, 0.2) is 42.5 Å². The maximum atomic E-state index is 12.2. The maximum absolute atomic E-state index is 12.2. The van der Waals surface area contributed by atoms with Gasteiger partial charge < -0.3 is 10.1 Å². The molecule has 3 heteroatoms. The summed E-state index contributed by atoms with van der Waals surface area (Å²) in [7, 11) is 0. The Morgan fingerprint density at radius 2 is 1.83 bits per heavy atom. The van der Waals surface area contributed by atoms with Crippen LogP contribution in [-0.2, 0) is 4.79 Å². The third-order valence-electron chi connectivity index (χ3n) is 4.07. The first-order valence-electron chi connectivity index (χ1n) is 8.06. The number of aryl methyl sites for hydroxylation is 2. The minimum absolute atomic E-state index is 0.0210. The van der Waals surface area contributed by atoms with Crippen LogP contribution in [-0.4, -0.2) is 12.5 Å². The first-order chi connectivity index (χ1) is 11.0. The van der Waals surface area contributed by atoms with Crippen molar-refractivity contribution in [3.63, 3.8) is 0 Å². The highest BCUT2D eigenvalue weighted by Crippen LogP contribution is 2.23. The van der Waals surface area contributed by atoms with E-state index in [0.717, 1.165) is 28.9 Å². The van der Waals surface area contributed by atoms with Crippen LogP contribution in [0.1, 0.15) is 41.6 Å². The summed E-state index contributed by atoms with van der Waals surface area (Å²) in [6.07, 6.45) is 0.846. The number of hydrogen-bond acceptors (Lipinski definition) is 2. The van der Waals surface area contributed by atoms with E-state index in [4.69, 9.17) is 4.74 Å². The number of nitrogens with one attached hydrogen (secondary N) is 1. The summed E-state index contributed by atoms with van der Waals surface area (Å²) in [6.45, 7) is 8.19. The zero-order chi connectivity index (χ0) is 16.8. The predicted octanol–water partition coefficient (Wildman–Crippen LogP) is 4.26. The van der Waals surface area contributed by atoms with E-state index in [0.29, 0.717) is 0 Å². The van der Waals surface area contributed by atoms with Crippen molar-refractivity contribution in [3.05, 3.63) is 64.7 Å². The number of benzene rings is 2. The van der Waals surface area contributed by atoms with Gasteiger partial charge in [0.1, 0.15) is 5.75 Å². The van der Waals surface area contributed by atoms with Gasteiger partial charge in [0.25, 0.3) is 5.91 Å². The van der Waals surface area contributed by atoms with E-state index in [9.17, 15) is 4.79 Å². The fourth-order valence-electron chi connectivity index (χ4n) is 2.64. The summed E-state index contributed by atoms with van der Waals surface area (Å²) in [5.41, 5.74) is 4.51. The van der Waals surface area contributed by atoms with E-state index in [1.165, 1.54) is 5.56 Å². The molecule has 3 nitrogen and oxygen atoms in total. The van der Waals surface area contributed by atoms with Gasteiger partial charge in [0.2, 0.25) is 0 Å². The van der Waals surface area contributed by atoms with Gasteiger partial charge in [0.15, 0.2) is 6.61 Å². The number of amides is 1. The lowest BCUT2D eigenvalue weighted by Crippen LogP contribution is -2.32. The minimum atomic E-state index is -0.0979. The largest absolute Gasteiger partial charge is 0.483 e. The quantitative estimate of drug-likeness (QED) is 0.865. The summed E-state index contributed by atoms with van der Waals surface area (Å²) in [5.74, 6) is 0.685. The van der Waals surface area contributed by atoms with Gasteiger partial charge in [-0.1, -0.05) is 43.3 Å². The molecule has 0 saturated heterocycles. The molecule has 2 rings (SSSR count). The third-order valence-corrected chi connectivity index (χ3v) is 4.07. The number of rotatable bonds is 6. The molecule has 1 N–H and O–H groups in total. The van der Waals surface area contributed by atoms with Gasteiger partial charge in [-0.15, -0.1) is 0 Å². The molecule has 0 radical (unpaired) electrons. The molecule has 23 heavy (non-hydrogen) atoms. The molecule has 1 atom stereocenters. The number of ether oxygens (including phenoxy) is 1. The highest BCUT2D eigenvalue weighted by molar-refractivity contribution is 5.78. The second kappa shape index (κ2) is 7.82. The first kappa shape index (κ1) is 17.1. The van der Waals surface area contributed by atoms with Crippen molar-refractivity contribution < 1.29 is 9.53 Å². The number of carbonyl (C=O) groups excluding carboxylic acids is 1. The van der Waals surface area contributed by atoms with Crippen LogP contribution in [0.3, 0.4) is 0 Å². The molecule has 0 fully saturated rings. The smallest absolute Gasteiger partial charge is 0.258 e. The Morgan fingerprint density at radius 1 is 1.13 bits per heavy atom. The molecule has 0 aliphatic rings. The van der Waals surface area contributed by atoms with Crippen molar-refractivity contribution >= 4 is 5.91 Å². The Kier molecular flexibility index (Phi) is 5.80. The zero-order valence-corrected chi connectivity index (χ0v) is 14.3. The van der Waals surface area contributed by atoms with E-state index < -0.39 is 0 Å². The van der Waals surface area contributed by atoms with Crippen molar-refractivity contribution in [1.82, 2.24) is 5.32 Å². The second-order valence-corrected chi connectivity index (χ2v) is 5.93. The van der Waals surface area contributed by atoms with Crippen LogP contribution < -0.4 is 10.1 Å². The minimum Gasteiger partial charge on any atom is -0.483 e. The Labute approximate surface area is 138 Å². The van der Waals surface area contributed by atoms with Crippen LogP contribution in [0.25, 0.3) is 0 Å². The molecular weight excluding hydrogens is 286 g/mol. The molecule has 0 bridgehead atoms. The molecule has 0 aliphatic carbocycles. The van der Waals surface area contributed by atoms with Crippen molar-refractivity contribution in [3.8, 4) is 5.75 Å². The molecule has 0 spiro atoms. The van der Waals surface area contributed by atoms with Crippen LogP contribution in [0, 0.1) is 20.8 Å². The van der Waals surface area contributed by atoms with Crippen LogP contribution in [0.5, 0.6) is 5.75 Å². The fraction of sp³-hybridized carbons (Fsp3) is 0.350. The van der Waals surface area contributed by atoms with E-state index in [1.54, 1.807) is 0 Å². The topological polar surface area (TPSA) is 38.3 Å². The maximum Gasteiger partial charge on any atom is 0.258 e. The molecule has 2 aromatic carbocycles. The zero-order valence-electron chi connectivity index (χ0n) is 14.3. The summed E-state index contributed by atoms with van der Waals surface area (Å²) >= 11 is 0. The molecule has 0 aromatic heterocycles. The number of carbonyl (C=O) groups is 1. The van der Waals surface area contributed by atoms with Gasteiger partial charge in [-0.25, -0.2) is 0 Å². The Bertz CT molecular complexity index is 665. The summed E-state index contributed by atoms with van der Waals surface area (Å²) < 4.78 is 5.73. The average molecular weight is 311 g/mol. The standard InChI is InChI=1S/C20H25NO2/c1-5-18(17-9-7-6-8-10-17)21-20(22)13-23-19-12-14(2)11-15(3)16(19)4/h6-12,18H,5,13H2,1-4H3,(H,21,22)/t18-/m0/s1. The van der Waals surface area contributed by atoms with Gasteiger partial charge in [0.05, 0.1) is 6.04 Å². The SMILES string of the molecule is CC[C@H](NC(=O)COc1cc(C)cc(C)c1C)c1ccccc1. The van der Waals surface area contributed by atoms with Gasteiger partial charge in [-0.05, 0) is 55.5 Å². The second-order valence-electron chi connectivity index (χ2n) is 5.93. The Balaban J connectivity index is 1.97. The average Bonchev–Trinajstić information content (AvgIpc) is 2.55. The molecule has 1 amide bonds. The fourth-order valence-corrected chi connectivity index (χ4v) is 2.64. The molecule has 0 heterocycles. The molecular formula is C20H25NO2. The lowest BCUT2D eigenvalue weighted by Gasteiger charge is -2.18. The normalized spacial score (nSPS) is 11.8. The lowest BCUT2D eigenvalue weighted by molar-refractivity contribution is -0.123. The van der Waals surface area contributed by atoms with Crippen molar-refractivity contribution in [2.45, 2.75) is 40.2 Å². The third kappa shape index (κ3) is 4.59. The Morgan fingerprint density at radius 3 is 2.48 bits per heavy atom. The summed E-state index contributed by atoms with van der Waals surface area (Å²) in [4.78, 5) is 12.2. The lowest BCUT2D eigenvalue weighted by atomic mass is 10.0. The van der Waals surface area contributed by atoms with Gasteiger partial charge in [-0.2, -0.15) is 0 Å². The van der Waals surface area contributed by atoms with E-state index in [-0.39, 0.29) is 18.6 Å². The molecule has 0 aliphatic heterocycles. The summed E-state index contributed by atoms with van der Waals surface area (Å²) in [6, 6.07) is 14.1.